The molecule has 2 N–H and O–H groups in total. The monoisotopic (exact) mass is 323 g/mol. The predicted octanol–water partition coefficient (Wildman–Crippen LogP) is 3.73. The van der Waals surface area contributed by atoms with Crippen LogP contribution >= 0.6 is 23.1 Å². The highest BCUT2D eigenvalue weighted by molar-refractivity contribution is 8.00. The molecule has 1 heterocycles. The number of carbonyl (C=O) groups is 1. The lowest BCUT2D eigenvalue weighted by atomic mass is 10.1. The fourth-order valence-corrected chi connectivity index (χ4v) is 3.37. The first-order valence-corrected chi connectivity index (χ1v) is 8.91. The smallest absolute Gasteiger partial charge is 0.225 e. The second-order valence-electron chi connectivity index (χ2n) is 5.84. The van der Waals surface area contributed by atoms with Gasteiger partial charge in [-0.2, -0.15) is 0 Å². The molecule has 0 unspecified atom stereocenters. The molecule has 21 heavy (non-hydrogen) atoms. The molecule has 2 aromatic rings. The van der Waals surface area contributed by atoms with Crippen molar-refractivity contribution in [2.75, 3.05) is 18.1 Å². The Bertz CT molecular complexity index is 631. The van der Waals surface area contributed by atoms with Crippen molar-refractivity contribution in [3.05, 3.63) is 18.2 Å². The van der Waals surface area contributed by atoms with E-state index >= 15 is 0 Å². The Morgan fingerprint density at radius 1 is 1.38 bits per heavy atom. The molecule has 0 saturated heterocycles. The van der Waals surface area contributed by atoms with E-state index in [1.807, 2.05) is 24.5 Å². The fourth-order valence-electron chi connectivity index (χ4n) is 1.84. The molecule has 0 aliphatic rings. The first-order valence-electron chi connectivity index (χ1n) is 6.87. The normalized spacial score (nSPS) is 11.8. The largest absolute Gasteiger partial charge is 0.326 e. The van der Waals surface area contributed by atoms with E-state index in [0.29, 0.717) is 13.0 Å². The van der Waals surface area contributed by atoms with Gasteiger partial charge in [0, 0.05) is 24.2 Å². The van der Waals surface area contributed by atoms with Gasteiger partial charge in [0.05, 0.1) is 10.2 Å². The molecule has 1 amide bonds. The van der Waals surface area contributed by atoms with Crippen LogP contribution in [0.1, 0.15) is 27.2 Å². The van der Waals surface area contributed by atoms with Gasteiger partial charge < -0.3 is 10.6 Å². The van der Waals surface area contributed by atoms with E-state index in [-0.39, 0.29) is 11.4 Å². The molecule has 2 rings (SSSR count). The number of aromatic nitrogens is 1. The highest BCUT2D eigenvalue weighted by Crippen LogP contribution is 2.29. The Kier molecular flexibility index (Phi) is 5.24. The van der Waals surface area contributed by atoms with E-state index < -0.39 is 0 Å². The maximum Gasteiger partial charge on any atom is 0.225 e. The van der Waals surface area contributed by atoms with Gasteiger partial charge in [0.2, 0.25) is 5.91 Å². The lowest BCUT2D eigenvalue weighted by Gasteiger charge is -2.20. The van der Waals surface area contributed by atoms with Crippen LogP contribution in [0.25, 0.3) is 10.2 Å². The minimum Gasteiger partial charge on any atom is -0.326 e. The minimum atomic E-state index is 0.0284. The van der Waals surface area contributed by atoms with Gasteiger partial charge in [-0.3, -0.25) is 4.79 Å². The third kappa shape index (κ3) is 4.98. The molecule has 0 bridgehead atoms. The first-order chi connectivity index (χ1) is 9.87. The average molecular weight is 323 g/mol. The molecule has 0 radical (unpaired) electrons. The summed E-state index contributed by atoms with van der Waals surface area (Å²) < 4.78 is 2.15. The summed E-state index contributed by atoms with van der Waals surface area (Å²) >= 11 is 3.29. The number of benzene rings is 1. The number of hydrogen-bond acceptors (Lipinski definition) is 5. The maximum atomic E-state index is 11.9. The molecule has 0 aliphatic heterocycles. The van der Waals surface area contributed by atoms with Crippen molar-refractivity contribution < 1.29 is 4.79 Å². The van der Waals surface area contributed by atoms with Gasteiger partial charge >= 0.3 is 0 Å². The molecular formula is C15H21N3OS2. The van der Waals surface area contributed by atoms with Crippen LogP contribution in [0.15, 0.2) is 22.5 Å². The number of rotatable bonds is 5. The highest BCUT2D eigenvalue weighted by atomic mass is 32.2. The zero-order chi connectivity index (χ0) is 15.5. The van der Waals surface area contributed by atoms with Crippen molar-refractivity contribution in [2.45, 2.75) is 37.1 Å². The van der Waals surface area contributed by atoms with Gasteiger partial charge in [0.1, 0.15) is 0 Å². The van der Waals surface area contributed by atoms with Crippen LogP contribution in [0.5, 0.6) is 0 Å². The number of fused-ring (bicyclic) bond motifs is 1. The van der Waals surface area contributed by atoms with Crippen LogP contribution in [-0.4, -0.2) is 29.2 Å². The number of nitrogens with zero attached hydrogens (tertiary/aromatic N) is 1. The van der Waals surface area contributed by atoms with Crippen LogP contribution in [0.2, 0.25) is 0 Å². The molecule has 1 aromatic carbocycles. The first kappa shape index (κ1) is 16.3. The third-order valence-corrected chi connectivity index (χ3v) is 4.84. The molecule has 0 fully saturated rings. The molecule has 1 aromatic heterocycles. The molecule has 0 saturated carbocycles. The van der Waals surface area contributed by atoms with Crippen LogP contribution in [0.4, 0.5) is 5.69 Å². The van der Waals surface area contributed by atoms with Gasteiger partial charge in [-0.15, -0.1) is 11.3 Å². The quantitative estimate of drug-likeness (QED) is 0.823. The van der Waals surface area contributed by atoms with Crippen LogP contribution < -0.4 is 10.6 Å². The molecule has 4 nitrogen and oxygen atoms in total. The number of nitrogens with one attached hydrogen (secondary N) is 2. The molecular weight excluding hydrogens is 302 g/mol. The Hall–Kier alpha value is -1.11. The Morgan fingerprint density at radius 2 is 2.14 bits per heavy atom. The fraction of sp³-hybridized carbons (Fsp3) is 0.467. The van der Waals surface area contributed by atoms with Crippen LogP contribution in [0.3, 0.4) is 0 Å². The maximum absolute atomic E-state index is 11.9. The van der Waals surface area contributed by atoms with Crippen molar-refractivity contribution >= 4 is 44.9 Å². The molecule has 114 valence electrons. The summed E-state index contributed by atoms with van der Waals surface area (Å²) in [4.78, 5) is 16.4. The Labute approximate surface area is 133 Å². The number of thioether (sulfide) groups is 1. The Balaban J connectivity index is 1.94. The summed E-state index contributed by atoms with van der Waals surface area (Å²) in [7, 11) is 0. The molecule has 0 aliphatic carbocycles. The third-order valence-electron chi connectivity index (χ3n) is 2.83. The van der Waals surface area contributed by atoms with E-state index in [9.17, 15) is 4.79 Å². The zero-order valence-corrected chi connectivity index (χ0v) is 14.5. The van der Waals surface area contributed by atoms with Gasteiger partial charge in [-0.05, 0) is 45.2 Å². The van der Waals surface area contributed by atoms with Crippen molar-refractivity contribution in [1.82, 2.24) is 10.3 Å². The topological polar surface area (TPSA) is 54.0 Å². The number of carbonyl (C=O) groups excluding carboxylic acids is 1. The SMILES string of the molecule is CSc1nc2ccc(NC(=O)CCNC(C)(C)C)cc2s1. The Morgan fingerprint density at radius 3 is 2.81 bits per heavy atom. The number of amides is 1. The standard InChI is InChI=1S/C15H21N3OS2/c1-15(2,3)16-8-7-13(19)17-10-5-6-11-12(9-10)21-14(18-11)20-4/h5-6,9,16H,7-8H2,1-4H3,(H,17,19). The second-order valence-corrected chi connectivity index (χ2v) is 7.93. The van der Waals surface area contributed by atoms with E-state index in [4.69, 9.17) is 0 Å². The van der Waals surface area contributed by atoms with Crippen LogP contribution in [-0.2, 0) is 4.79 Å². The van der Waals surface area contributed by atoms with Crippen molar-refractivity contribution in [1.29, 1.82) is 0 Å². The van der Waals surface area contributed by atoms with Crippen LogP contribution in [0, 0.1) is 0 Å². The number of hydrogen-bond donors (Lipinski definition) is 2. The molecule has 0 spiro atoms. The minimum absolute atomic E-state index is 0.0284. The van der Waals surface area contributed by atoms with Crippen molar-refractivity contribution in [3.8, 4) is 0 Å². The van der Waals surface area contributed by atoms with Gasteiger partial charge in [-0.25, -0.2) is 4.98 Å². The van der Waals surface area contributed by atoms with Gasteiger partial charge in [-0.1, -0.05) is 11.8 Å². The second kappa shape index (κ2) is 6.77. The number of anilines is 1. The number of thiazole rings is 1. The zero-order valence-electron chi connectivity index (χ0n) is 12.8. The lowest BCUT2D eigenvalue weighted by molar-refractivity contribution is -0.116. The van der Waals surface area contributed by atoms with Crippen molar-refractivity contribution in [2.24, 2.45) is 0 Å². The van der Waals surface area contributed by atoms with E-state index in [2.05, 4.69) is 36.4 Å². The summed E-state index contributed by atoms with van der Waals surface area (Å²) in [5, 5.41) is 6.25. The van der Waals surface area contributed by atoms with Gasteiger partial charge in [0.15, 0.2) is 4.34 Å². The average Bonchev–Trinajstić information content (AvgIpc) is 2.79. The summed E-state index contributed by atoms with van der Waals surface area (Å²) in [5.74, 6) is 0.0284. The lowest BCUT2D eigenvalue weighted by Crippen LogP contribution is -2.37. The summed E-state index contributed by atoms with van der Waals surface area (Å²) in [6.07, 6.45) is 2.48. The van der Waals surface area contributed by atoms with E-state index in [0.717, 1.165) is 20.2 Å². The summed E-state index contributed by atoms with van der Waals surface area (Å²) in [6.45, 7) is 6.94. The summed E-state index contributed by atoms with van der Waals surface area (Å²) in [5.41, 5.74) is 1.85. The highest BCUT2D eigenvalue weighted by Gasteiger charge is 2.10. The molecule has 6 heteroatoms. The molecule has 0 atom stereocenters. The van der Waals surface area contributed by atoms with E-state index in [1.54, 1.807) is 23.1 Å². The van der Waals surface area contributed by atoms with E-state index in [1.165, 1.54) is 0 Å². The van der Waals surface area contributed by atoms with Crippen molar-refractivity contribution in [3.63, 3.8) is 0 Å². The predicted molar refractivity (Wildman–Crippen MR) is 92.4 cm³/mol. The van der Waals surface area contributed by atoms with Gasteiger partial charge in [0.25, 0.3) is 0 Å². The summed E-state index contributed by atoms with van der Waals surface area (Å²) in [6, 6.07) is 5.84.